The fourth-order valence-corrected chi connectivity index (χ4v) is 3.56. The van der Waals surface area contributed by atoms with E-state index in [4.69, 9.17) is 27.9 Å². The SMILES string of the molecule is COc1ccc(S(=O)(=O)N[C@@H](C)C(C)C)c(Cl)c1Cl. The number of benzene rings is 1. The molecular formula is C12H17Cl2NO3S. The molecule has 0 aliphatic rings. The van der Waals surface area contributed by atoms with Crippen molar-refractivity contribution < 1.29 is 13.2 Å². The van der Waals surface area contributed by atoms with E-state index in [1.807, 2.05) is 13.8 Å². The van der Waals surface area contributed by atoms with Gasteiger partial charge in [-0.05, 0) is 25.0 Å². The standard InChI is InChI=1S/C12H17Cl2NO3S/c1-7(2)8(3)15-19(16,17)10-6-5-9(18-4)11(13)12(10)14/h5-8,15H,1-4H3/t8-/m0/s1. The molecule has 0 aliphatic heterocycles. The lowest BCUT2D eigenvalue weighted by Gasteiger charge is -2.18. The average Bonchev–Trinajstić information content (AvgIpc) is 2.31. The summed E-state index contributed by atoms with van der Waals surface area (Å²) in [6.45, 7) is 5.65. The first kappa shape index (κ1) is 16.6. The van der Waals surface area contributed by atoms with Gasteiger partial charge < -0.3 is 4.74 Å². The first-order valence-electron chi connectivity index (χ1n) is 5.75. The molecule has 1 aromatic rings. The molecule has 19 heavy (non-hydrogen) atoms. The molecule has 0 saturated heterocycles. The summed E-state index contributed by atoms with van der Waals surface area (Å²) in [6, 6.07) is 2.65. The lowest BCUT2D eigenvalue weighted by molar-refractivity contribution is 0.414. The van der Waals surface area contributed by atoms with Crippen LogP contribution in [0.5, 0.6) is 5.75 Å². The Balaban J connectivity index is 3.20. The molecule has 1 rings (SSSR count). The van der Waals surface area contributed by atoms with Crippen molar-refractivity contribution in [3.8, 4) is 5.75 Å². The van der Waals surface area contributed by atoms with E-state index in [9.17, 15) is 8.42 Å². The van der Waals surface area contributed by atoms with Crippen molar-refractivity contribution in [3.05, 3.63) is 22.2 Å². The van der Waals surface area contributed by atoms with Crippen LogP contribution in [0, 0.1) is 5.92 Å². The van der Waals surface area contributed by atoms with Crippen LogP contribution in [-0.2, 0) is 10.0 Å². The van der Waals surface area contributed by atoms with E-state index in [0.717, 1.165) is 0 Å². The second kappa shape index (κ2) is 6.31. The van der Waals surface area contributed by atoms with Crippen molar-refractivity contribution in [2.75, 3.05) is 7.11 Å². The first-order chi connectivity index (χ1) is 8.70. The molecule has 0 radical (unpaired) electrons. The minimum absolute atomic E-state index is 0.0375. The van der Waals surface area contributed by atoms with Gasteiger partial charge in [0.15, 0.2) is 0 Å². The van der Waals surface area contributed by atoms with Gasteiger partial charge in [-0.1, -0.05) is 37.0 Å². The molecule has 0 saturated carbocycles. The van der Waals surface area contributed by atoms with E-state index in [1.54, 1.807) is 6.92 Å². The third kappa shape index (κ3) is 3.75. The molecule has 1 atom stereocenters. The van der Waals surface area contributed by atoms with E-state index < -0.39 is 10.0 Å². The molecule has 1 aromatic carbocycles. The summed E-state index contributed by atoms with van der Waals surface area (Å²) in [5.41, 5.74) is 0. The van der Waals surface area contributed by atoms with Gasteiger partial charge in [-0.15, -0.1) is 0 Å². The number of rotatable bonds is 5. The third-order valence-corrected chi connectivity index (χ3v) is 5.44. The quantitative estimate of drug-likeness (QED) is 0.903. The average molecular weight is 326 g/mol. The summed E-state index contributed by atoms with van der Waals surface area (Å²) in [5, 5.41) is 0.0497. The second-order valence-corrected chi connectivity index (χ2v) is 6.99. The summed E-state index contributed by atoms with van der Waals surface area (Å²) < 4.78 is 32.0. The van der Waals surface area contributed by atoms with Gasteiger partial charge in [-0.3, -0.25) is 0 Å². The minimum Gasteiger partial charge on any atom is -0.495 e. The van der Waals surface area contributed by atoms with Crippen LogP contribution in [0.4, 0.5) is 0 Å². The Bertz CT molecular complexity index is 558. The van der Waals surface area contributed by atoms with E-state index >= 15 is 0 Å². The predicted molar refractivity (Wildman–Crippen MR) is 77.6 cm³/mol. The van der Waals surface area contributed by atoms with Gasteiger partial charge in [0.25, 0.3) is 0 Å². The van der Waals surface area contributed by atoms with Crippen LogP contribution in [0.1, 0.15) is 20.8 Å². The lowest BCUT2D eigenvalue weighted by Crippen LogP contribution is -2.36. The number of sulfonamides is 1. The predicted octanol–water partition coefficient (Wildman–Crippen LogP) is 3.32. The molecular weight excluding hydrogens is 309 g/mol. The maximum absolute atomic E-state index is 12.2. The van der Waals surface area contributed by atoms with E-state index in [-0.39, 0.29) is 26.9 Å². The highest BCUT2D eigenvalue weighted by atomic mass is 35.5. The maximum atomic E-state index is 12.2. The van der Waals surface area contributed by atoms with Crippen LogP contribution < -0.4 is 9.46 Å². The lowest BCUT2D eigenvalue weighted by atomic mass is 10.1. The van der Waals surface area contributed by atoms with Crippen molar-refractivity contribution in [1.82, 2.24) is 4.72 Å². The van der Waals surface area contributed by atoms with Gasteiger partial charge >= 0.3 is 0 Å². The van der Waals surface area contributed by atoms with Crippen molar-refractivity contribution in [1.29, 1.82) is 0 Å². The summed E-state index contributed by atoms with van der Waals surface area (Å²) >= 11 is 11.9. The van der Waals surface area contributed by atoms with Gasteiger partial charge in [0.1, 0.15) is 15.7 Å². The largest absolute Gasteiger partial charge is 0.495 e. The zero-order chi connectivity index (χ0) is 14.8. The molecule has 0 amide bonds. The first-order valence-corrected chi connectivity index (χ1v) is 7.99. The molecule has 1 N–H and O–H groups in total. The Kier molecular flexibility index (Phi) is 5.50. The van der Waals surface area contributed by atoms with E-state index in [0.29, 0.717) is 5.75 Å². The Morgan fingerprint density at radius 2 is 1.74 bits per heavy atom. The van der Waals surface area contributed by atoms with Crippen LogP contribution in [0.15, 0.2) is 17.0 Å². The number of nitrogens with one attached hydrogen (secondary N) is 1. The van der Waals surface area contributed by atoms with Crippen molar-refractivity contribution in [2.45, 2.75) is 31.7 Å². The topological polar surface area (TPSA) is 55.4 Å². The summed E-state index contributed by atoms with van der Waals surface area (Å²) in [5.74, 6) is 0.504. The number of ether oxygens (including phenoxy) is 1. The highest BCUT2D eigenvalue weighted by molar-refractivity contribution is 7.89. The molecule has 0 unspecified atom stereocenters. The Hall–Kier alpha value is -0.490. The molecule has 0 heterocycles. The highest BCUT2D eigenvalue weighted by Gasteiger charge is 2.24. The van der Waals surface area contributed by atoms with Crippen LogP contribution in [0.3, 0.4) is 0 Å². The van der Waals surface area contributed by atoms with Gasteiger partial charge in [0, 0.05) is 6.04 Å². The van der Waals surface area contributed by atoms with Gasteiger partial charge in [0.2, 0.25) is 10.0 Å². The van der Waals surface area contributed by atoms with Gasteiger partial charge in [-0.2, -0.15) is 0 Å². The molecule has 4 nitrogen and oxygen atoms in total. The minimum atomic E-state index is -3.70. The van der Waals surface area contributed by atoms with Crippen LogP contribution in [0.25, 0.3) is 0 Å². The maximum Gasteiger partial charge on any atom is 0.242 e. The molecule has 0 fully saturated rings. The highest BCUT2D eigenvalue weighted by Crippen LogP contribution is 2.36. The third-order valence-electron chi connectivity index (χ3n) is 2.86. The van der Waals surface area contributed by atoms with Crippen molar-refractivity contribution >= 4 is 33.2 Å². The molecule has 0 bridgehead atoms. The van der Waals surface area contributed by atoms with Crippen LogP contribution in [0.2, 0.25) is 10.0 Å². The molecule has 7 heteroatoms. The Labute approximate surface area is 124 Å². The number of hydrogen-bond acceptors (Lipinski definition) is 3. The van der Waals surface area contributed by atoms with Crippen LogP contribution >= 0.6 is 23.2 Å². The zero-order valence-corrected chi connectivity index (χ0v) is 13.5. The fourth-order valence-electron chi connectivity index (χ4n) is 1.32. The van der Waals surface area contributed by atoms with Crippen molar-refractivity contribution in [3.63, 3.8) is 0 Å². The molecule has 0 aromatic heterocycles. The number of hydrogen-bond donors (Lipinski definition) is 1. The summed E-state index contributed by atoms with van der Waals surface area (Å²) in [7, 11) is -2.27. The van der Waals surface area contributed by atoms with E-state index in [1.165, 1.54) is 19.2 Å². The summed E-state index contributed by atoms with van der Waals surface area (Å²) in [4.78, 5) is -0.0486. The Morgan fingerprint density at radius 3 is 2.21 bits per heavy atom. The monoisotopic (exact) mass is 325 g/mol. The second-order valence-electron chi connectivity index (χ2n) is 4.55. The number of halogens is 2. The zero-order valence-electron chi connectivity index (χ0n) is 11.2. The van der Waals surface area contributed by atoms with Gasteiger partial charge in [-0.25, -0.2) is 13.1 Å². The molecule has 0 aliphatic carbocycles. The van der Waals surface area contributed by atoms with Crippen LogP contribution in [-0.4, -0.2) is 21.6 Å². The smallest absolute Gasteiger partial charge is 0.242 e. The fraction of sp³-hybridized carbons (Fsp3) is 0.500. The number of methoxy groups -OCH3 is 1. The van der Waals surface area contributed by atoms with Gasteiger partial charge in [0.05, 0.1) is 12.1 Å². The summed E-state index contributed by atoms with van der Waals surface area (Å²) in [6.07, 6.45) is 0. The van der Waals surface area contributed by atoms with Crippen molar-refractivity contribution in [2.24, 2.45) is 5.92 Å². The molecule has 108 valence electrons. The van der Waals surface area contributed by atoms with E-state index in [2.05, 4.69) is 4.72 Å². The molecule has 0 spiro atoms. The Morgan fingerprint density at radius 1 is 1.16 bits per heavy atom. The normalized spacial score (nSPS) is 13.6.